The van der Waals surface area contributed by atoms with Gasteiger partial charge in [-0.2, -0.15) is 0 Å². The molecule has 12 heavy (non-hydrogen) atoms. The van der Waals surface area contributed by atoms with Gasteiger partial charge in [0.1, 0.15) is 12.4 Å². The summed E-state index contributed by atoms with van der Waals surface area (Å²) in [6, 6.07) is 0. The third kappa shape index (κ3) is 4.82. The molecule has 1 aromatic heterocycles. The molecule has 0 saturated carbocycles. The van der Waals surface area contributed by atoms with Crippen molar-refractivity contribution in [1.82, 2.24) is 4.57 Å². The molecule has 0 aliphatic carbocycles. The Labute approximate surface area is 91.1 Å². The van der Waals surface area contributed by atoms with Gasteiger partial charge in [0.2, 0.25) is 6.33 Å². The molecule has 0 aromatic carbocycles. The van der Waals surface area contributed by atoms with Gasteiger partial charge in [-0.1, -0.05) is 13.3 Å². The predicted octanol–water partition coefficient (Wildman–Crippen LogP) is -2.26. The molecule has 0 amide bonds. The summed E-state index contributed by atoms with van der Waals surface area (Å²) in [4.78, 5) is 0. The minimum absolute atomic E-state index is 0. The Bertz CT molecular complexity index is 201. The number of halogens is 1. The molecule has 1 heterocycles. The highest BCUT2D eigenvalue weighted by molar-refractivity contribution is 5.75. The second-order valence-electron chi connectivity index (χ2n) is 2.67. The van der Waals surface area contributed by atoms with Crippen LogP contribution in [0.2, 0.25) is 0 Å². The minimum atomic E-state index is 0. The maximum atomic E-state index is 2.21. The summed E-state index contributed by atoms with van der Waals surface area (Å²) in [5.41, 5.74) is 0. The van der Waals surface area contributed by atoms with Crippen molar-refractivity contribution in [2.75, 3.05) is 0 Å². The first kappa shape index (κ1) is 14.6. The van der Waals surface area contributed by atoms with Crippen LogP contribution >= 0.6 is 0 Å². The summed E-state index contributed by atoms with van der Waals surface area (Å²) in [7, 11) is 2.04. The highest BCUT2D eigenvalue weighted by Crippen LogP contribution is 1.91. The highest BCUT2D eigenvalue weighted by atomic mass is 35.5. The summed E-state index contributed by atoms with van der Waals surface area (Å²) < 4.78 is 4.28. The number of hydrogen-bond donors (Lipinski definition) is 0. The minimum Gasteiger partial charge on any atom is -1.00 e. The molecule has 3 radical (unpaired) electrons. The van der Waals surface area contributed by atoms with E-state index in [9.17, 15) is 0 Å². The van der Waals surface area contributed by atoms with Gasteiger partial charge in [0.25, 0.3) is 0 Å². The lowest BCUT2D eigenvalue weighted by Crippen LogP contribution is -3.00. The molecule has 4 heteroatoms. The predicted molar refractivity (Wildman–Crippen MR) is 46.3 cm³/mol. The zero-order valence-corrected chi connectivity index (χ0v) is 9.61. The number of unbranched alkanes of at least 4 members (excludes halogenated alkanes) is 1. The second-order valence-corrected chi connectivity index (χ2v) is 2.67. The van der Waals surface area contributed by atoms with Crippen LogP contribution in [0.15, 0.2) is 18.7 Å². The molecule has 0 N–H and O–H groups in total. The fraction of sp³-hybridized carbons (Fsp3) is 0.625. The average molecular weight is 202 g/mol. The quantitative estimate of drug-likeness (QED) is 0.386. The van der Waals surface area contributed by atoms with Gasteiger partial charge in [-0.3, -0.25) is 0 Å². The zero-order valence-electron chi connectivity index (χ0n) is 7.70. The van der Waals surface area contributed by atoms with Gasteiger partial charge >= 0.3 is 0 Å². The van der Waals surface area contributed by atoms with Crippen LogP contribution in [-0.4, -0.2) is 21.9 Å². The molecular formula is C8H15AlClN2. The van der Waals surface area contributed by atoms with E-state index in [1.54, 1.807) is 0 Å². The summed E-state index contributed by atoms with van der Waals surface area (Å²) in [5, 5.41) is 0. The molecule has 0 saturated heterocycles. The zero-order chi connectivity index (χ0) is 7.40. The Morgan fingerprint density at radius 1 is 1.42 bits per heavy atom. The van der Waals surface area contributed by atoms with E-state index >= 15 is 0 Å². The number of rotatable bonds is 3. The molecule has 67 valence electrons. The monoisotopic (exact) mass is 201 g/mol. The van der Waals surface area contributed by atoms with E-state index in [1.807, 2.05) is 7.05 Å². The number of aryl methyl sites for hydroxylation is 2. The Morgan fingerprint density at radius 3 is 2.50 bits per heavy atom. The lowest BCUT2D eigenvalue weighted by atomic mass is 10.3. The van der Waals surface area contributed by atoms with Crippen LogP contribution in [0.5, 0.6) is 0 Å². The number of imidazole rings is 1. The van der Waals surface area contributed by atoms with Crippen molar-refractivity contribution in [3.63, 3.8) is 0 Å². The maximum absolute atomic E-state index is 2.21. The number of hydrogen-bond acceptors (Lipinski definition) is 0. The Kier molecular flexibility index (Phi) is 9.30. The fourth-order valence-electron chi connectivity index (χ4n) is 0.975. The van der Waals surface area contributed by atoms with Gasteiger partial charge in [0.05, 0.1) is 13.6 Å². The first-order valence-corrected chi connectivity index (χ1v) is 3.84. The smallest absolute Gasteiger partial charge is 0.243 e. The third-order valence-electron chi connectivity index (χ3n) is 1.59. The fourth-order valence-corrected chi connectivity index (χ4v) is 0.975. The molecule has 0 fully saturated rings. The molecule has 0 unspecified atom stereocenters. The molecular weight excluding hydrogens is 187 g/mol. The first-order valence-electron chi connectivity index (χ1n) is 3.84. The van der Waals surface area contributed by atoms with Gasteiger partial charge in [-0.05, 0) is 6.42 Å². The Morgan fingerprint density at radius 2 is 2.08 bits per heavy atom. The van der Waals surface area contributed by atoms with E-state index in [0.29, 0.717) is 0 Å². The van der Waals surface area contributed by atoms with Crippen molar-refractivity contribution >= 4 is 17.4 Å². The Hall–Kier alpha value is 0.0325. The maximum Gasteiger partial charge on any atom is 0.243 e. The van der Waals surface area contributed by atoms with Crippen molar-refractivity contribution < 1.29 is 17.0 Å². The van der Waals surface area contributed by atoms with Crippen LogP contribution < -0.4 is 17.0 Å². The van der Waals surface area contributed by atoms with Crippen LogP contribution in [-0.2, 0) is 13.6 Å². The first-order chi connectivity index (χ1) is 4.83. The molecule has 0 aliphatic rings. The molecule has 0 spiro atoms. The van der Waals surface area contributed by atoms with E-state index in [2.05, 4.69) is 34.8 Å². The van der Waals surface area contributed by atoms with E-state index in [-0.39, 0.29) is 29.8 Å². The van der Waals surface area contributed by atoms with Gasteiger partial charge in [0.15, 0.2) is 0 Å². The summed E-state index contributed by atoms with van der Waals surface area (Å²) in [6.45, 7) is 3.36. The van der Waals surface area contributed by atoms with Crippen LogP contribution in [0.3, 0.4) is 0 Å². The number of nitrogens with zero attached hydrogens (tertiary/aromatic N) is 2. The second kappa shape index (κ2) is 7.67. The topological polar surface area (TPSA) is 8.81 Å². The number of aromatic nitrogens is 2. The molecule has 1 rings (SSSR count). The third-order valence-corrected chi connectivity index (χ3v) is 1.59. The normalized spacial score (nSPS) is 8.50. The van der Waals surface area contributed by atoms with Crippen molar-refractivity contribution in [2.45, 2.75) is 26.3 Å². The van der Waals surface area contributed by atoms with Crippen LogP contribution in [0.1, 0.15) is 19.8 Å². The van der Waals surface area contributed by atoms with Crippen molar-refractivity contribution in [3.8, 4) is 0 Å². The van der Waals surface area contributed by atoms with Crippen LogP contribution in [0.4, 0.5) is 0 Å². The molecule has 0 atom stereocenters. The standard InChI is InChI=1S/C8H15N2.Al.ClH/c1-3-4-5-10-7-6-9(2)8-10;;/h6-8H,3-5H2,1-2H3;;1H/q+1;;/p-1. The van der Waals surface area contributed by atoms with E-state index in [0.717, 1.165) is 6.54 Å². The SMILES string of the molecule is CCCCn1cc[n+](C)c1.[Al].[Cl-]. The lowest BCUT2D eigenvalue weighted by Gasteiger charge is -1.90. The van der Waals surface area contributed by atoms with Crippen molar-refractivity contribution in [3.05, 3.63) is 18.7 Å². The molecule has 0 aliphatic heterocycles. The summed E-state index contributed by atoms with van der Waals surface area (Å²) >= 11 is 0. The summed E-state index contributed by atoms with van der Waals surface area (Å²) in [6.07, 6.45) is 8.82. The van der Waals surface area contributed by atoms with Gasteiger partial charge in [-0.15, -0.1) is 0 Å². The van der Waals surface area contributed by atoms with E-state index < -0.39 is 0 Å². The lowest BCUT2D eigenvalue weighted by molar-refractivity contribution is -0.671. The summed E-state index contributed by atoms with van der Waals surface area (Å²) in [5.74, 6) is 0. The van der Waals surface area contributed by atoms with E-state index in [1.165, 1.54) is 12.8 Å². The van der Waals surface area contributed by atoms with Gasteiger partial charge in [-0.25, -0.2) is 9.13 Å². The largest absolute Gasteiger partial charge is 1.00 e. The average Bonchev–Trinajstić information content (AvgIpc) is 2.31. The van der Waals surface area contributed by atoms with Crippen molar-refractivity contribution in [2.24, 2.45) is 7.05 Å². The Balaban J connectivity index is 0. The van der Waals surface area contributed by atoms with Gasteiger partial charge < -0.3 is 12.4 Å². The van der Waals surface area contributed by atoms with Crippen LogP contribution in [0.25, 0.3) is 0 Å². The van der Waals surface area contributed by atoms with Crippen LogP contribution in [0, 0.1) is 0 Å². The van der Waals surface area contributed by atoms with E-state index in [4.69, 9.17) is 0 Å². The van der Waals surface area contributed by atoms with Gasteiger partial charge in [0, 0.05) is 17.4 Å². The highest BCUT2D eigenvalue weighted by Gasteiger charge is 1.96. The molecule has 1 aromatic rings. The van der Waals surface area contributed by atoms with Crippen molar-refractivity contribution in [1.29, 1.82) is 0 Å². The molecule has 0 bridgehead atoms. The molecule has 2 nitrogen and oxygen atoms in total.